The molecule has 0 radical (unpaired) electrons. The van der Waals surface area contributed by atoms with E-state index in [9.17, 15) is 14.7 Å². The first-order valence-electron chi connectivity index (χ1n) is 6.21. The third-order valence-electron chi connectivity index (χ3n) is 3.06. The molecule has 1 N–H and O–H groups in total. The van der Waals surface area contributed by atoms with Crippen LogP contribution in [-0.4, -0.2) is 49.1 Å². The molecule has 1 heterocycles. The molecule has 0 aromatic rings. The molecular weight excluding hydrogens is 240 g/mol. The molecular formula is C12H20O6. The fraction of sp³-hybridized carbons (Fsp3) is 0.833. The van der Waals surface area contributed by atoms with E-state index in [0.717, 1.165) is 0 Å². The summed E-state index contributed by atoms with van der Waals surface area (Å²) in [6.45, 7) is 4.45. The zero-order chi connectivity index (χ0) is 13.6. The summed E-state index contributed by atoms with van der Waals surface area (Å²) < 4.78 is 15.4. The van der Waals surface area contributed by atoms with Crippen LogP contribution >= 0.6 is 0 Å². The maximum Gasteiger partial charge on any atom is 0.350 e. The van der Waals surface area contributed by atoms with Gasteiger partial charge < -0.3 is 19.3 Å². The molecule has 0 amide bonds. The first-order chi connectivity index (χ1) is 8.59. The molecule has 1 fully saturated rings. The standard InChI is InChI=1S/C12H20O6/c1-3-17-11(15)12(10(13)14,18-4-2)9-5-7-16-8-6-9/h9H,3-8H2,1-2H3,(H,13,14). The molecule has 0 bridgehead atoms. The van der Waals surface area contributed by atoms with Crippen molar-refractivity contribution in [2.24, 2.45) is 5.92 Å². The van der Waals surface area contributed by atoms with E-state index in [4.69, 9.17) is 14.2 Å². The highest BCUT2D eigenvalue weighted by Crippen LogP contribution is 2.32. The molecule has 0 aliphatic carbocycles. The van der Waals surface area contributed by atoms with Gasteiger partial charge in [0.25, 0.3) is 5.60 Å². The smallest absolute Gasteiger partial charge is 0.350 e. The second-order valence-corrected chi connectivity index (χ2v) is 4.08. The van der Waals surface area contributed by atoms with Crippen molar-refractivity contribution in [3.63, 3.8) is 0 Å². The van der Waals surface area contributed by atoms with Gasteiger partial charge in [-0.25, -0.2) is 9.59 Å². The fourth-order valence-corrected chi connectivity index (χ4v) is 2.24. The van der Waals surface area contributed by atoms with Crippen molar-refractivity contribution >= 4 is 11.9 Å². The van der Waals surface area contributed by atoms with Crippen molar-refractivity contribution in [2.75, 3.05) is 26.4 Å². The second kappa shape index (κ2) is 6.70. The van der Waals surface area contributed by atoms with Gasteiger partial charge in [0.1, 0.15) is 0 Å². The minimum atomic E-state index is -1.89. The van der Waals surface area contributed by atoms with Crippen molar-refractivity contribution in [3.05, 3.63) is 0 Å². The molecule has 1 atom stereocenters. The van der Waals surface area contributed by atoms with Gasteiger partial charge in [0.05, 0.1) is 6.61 Å². The van der Waals surface area contributed by atoms with Gasteiger partial charge in [-0.1, -0.05) is 0 Å². The summed E-state index contributed by atoms with van der Waals surface area (Å²) in [6.07, 6.45) is 0.955. The Morgan fingerprint density at radius 1 is 1.28 bits per heavy atom. The van der Waals surface area contributed by atoms with Crippen molar-refractivity contribution < 1.29 is 28.9 Å². The molecule has 1 unspecified atom stereocenters. The average molecular weight is 260 g/mol. The number of aliphatic carboxylic acids is 1. The molecule has 1 aliphatic heterocycles. The highest BCUT2D eigenvalue weighted by molar-refractivity contribution is 6.03. The predicted molar refractivity (Wildman–Crippen MR) is 62.2 cm³/mol. The Labute approximate surface area is 106 Å². The normalized spacial score (nSPS) is 20.1. The fourth-order valence-electron chi connectivity index (χ4n) is 2.24. The number of carboxylic acid groups (broad SMARTS) is 1. The van der Waals surface area contributed by atoms with Crippen LogP contribution in [0.4, 0.5) is 0 Å². The molecule has 6 nitrogen and oxygen atoms in total. The number of ether oxygens (including phenoxy) is 3. The van der Waals surface area contributed by atoms with Crippen molar-refractivity contribution in [2.45, 2.75) is 32.3 Å². The lowest BCUT2D eigenvalue weighted by Gasteiger charge is -2.36. The van der Waals surface area contributed by atoms with Crippen LogP contribution < -0.4 is 0 Å². The predicted octanol–water partition coefficient (Wildman–Crippen LogP) is 0.836. The van der Waals surface area contributed by atoms with Gasteiger partial charge in [-0.3, -0.25) is 0 Å². The van der Waals surface area contributed by atoms with E-state index in [-0.39, 0.29) is 13.2 Å². The molecule has 0 aromatic carbocycles. The third kappa shape index (κ3) is 2.81. The number of carbonyl (C=O) groups is 2. The maximum atomic E-state index is 12.0. The van der Waals surface area contributed by atoms with Gasteiger partial charge in [0.15, 0.2) is 0 Å². The lowest BCUT2D eigenvalue weighted by molar-refractivity contribution is -0.199. The summed E-state index contributed by atoms with van der Waals surface area (Å²) in [7, 11) is 0. The lowest BCUT2D eigenvalue weighted by atomic mass is 9.81. The van der Waals surface area contributed by atoms with Gasteiger partial charge in [-0.05, 0) is 26.7 Å². The van der Waals surface area contributed by atoms with Crippen LogP contribution in [0.3, 0.4) is 0 Å². The average Bonchev–Trinajstić information content (AvgIpc) is 2.36. The summed E-state index contributed by atoms with van der Waals surface area (Å²) in [5, 5.41) is 9.44. The number of esters is 1. The van der Waals surface area contributed by atoms with Crippen LogP contribution in [0.5, 0.6) is 0 Å². The Hall–Kier alpha value is -1.14. The van der Waals surface area contributed by atoms with Gasteiger partial charge in [0.2, 0.25) is 0 Å². The molecule has 0 saturated carbocycles. The van der Waals surface area contributed by atoms with Crippen molar-refractivity contribution in [1.29, 1.82) is 0 Å². The molecule has 1 saturated heterocycles. The Kier molecular flexibility index (Phi) is 5.55. The van der Waals surface area contributed by atoms with E-state index in [1.54, 1.807) is 13.8 Å². The zero-order valence-electron chi connectivity index (χ0n) is 10.8. The number of carbonyl (C=O) groups excluding carboxylic acids is 1. The topological polar surface area (TPSA) is 82.1 Å². The van der Waals surface area contributed by atoms with Crippen LogP contribution in [-0.2, 0) is 23.8 Å². The summed E-state index contributed by atoms with van der Waals surface area (Å²) in [6, 6.07) is 0. The minimum absolute atomic E-state index is 0.129. The number of rotatable bonds is 6. The number of hydrogen-bond donors (Lipinski definition) is 1. The molecule has 0 spiro atoms. The van der Waals surface area contributed by atoms with Gasteiger partial charge in [-0.15, -0.1) is 0 Å². The Balaban J connectivity index is 3.02. The van der Waals surface area contributed by atoms with Crippen LogP contribution in [0.25, 0.3) is 0 Å². The Morgan fingerprint density at radius 2 is 1.89 bits per heavy atom. The van der Waals surface area contributed by atoms with Crippen molar-refractivity contribution in [3.8, 4) is 0 Å². The quantitative estimate of drug-likeness (QED) is 0.563. The van der Waals surface area contributed by atoms with Crippen LogP contribution in [0.15, 0.2) is 0 Å². The highest BCUT2D eigenvalue weighted by Gasteiger charge is 2.55. The van der Waals surface area contributed by atoms with E-state index in [1.807, 2.05) is 0 Å². The summed E-state index contributed by atoms with van der Waals surface area (Å²) >= 11 is 0. The molecule has 104 valence electrons. The number of hydrogen-bond acceptors (Lipinski definition) is 5. The maximum absolute atomic E-state index is 12.0. The van der Waals surface area contributed by atoms with E-state index >= 15 is 0 Å². The first kappa shape index (κ1) is 14.9. The molecule has 18 heavy (non-hydrogen) atoms. The van der Waals surface area contributed by atoms with E-state index in [0.29, 0.717) is 26.1 Å². The summed E-state index contributed by atoms with van der Waals surface area (Å²) in [5.74, 6) is -2.51. The van der Waals surface area contributed by atoms with Gasteiger partial charge in [-0.2, -0.15) is 0 Å². The largest absolute Gasteiger partial charge is 0.479 e. The molecule has 1 aliphatic rings. The molecule has 1 rings (SSSR count). The molecule has 0 aromatic heterocycles. The Bertz CT molecular complexity index is 297. The Morgan fingerprint density at radius 3 is 2.33 bits per heavy atom. The van der Waals surface area contributed by atoms with Gasteiger partial charge in [0, 0.05) is 25.7 Å². The highest BCUT2D eigenvalue weighted by atomic mass is 16.6. The SMILES string of the molecule is CCOC(=O)C(OCC)(C(=O)O)C1CCOCC1. The minimum Gasteiger partial charge on any atom is -0.479 e. The van der Waals surface area contributed by atoms with E-state index in [1.165, 1.54) is 0 Å². The first-order valence-corrected chi connectivity index (χ1v) is 6.21. The lowest BCUT2D eigenvalue weighted by Crippen LogP contribution is -2.57. The van der Waals surface area contributed by atoms with Crippen LogP contribution in [0.2, 0.25) is 0 Å². The second-order valence-electron chi connectivity index (χ2n) is 4.08. The van der Waals surface area contributed by atoms with E-state index < -0.39 is 23.5 Å². The summed E-state index contributed by atoms with van der Waals surface area (Å²) in [4.78, 5) is 23.6. The number of carboxylic acids is 1. The van der Waals surface area contributed by atoms with Crippen molar-refractivity contribution in [1.82, 2.24) is 0 Å². The van der Waals surface area contributed by atoms with E-state index in [2.05, 4.69) is 0 Å². The third-order valence-corrected chi connectivity index (χ3v) is 3.06. The van der Waals surface area contributed by atoms with Crippen LogP contribution in [0, 0.1) is 5.92 Å². The summed E-state index contributed by atoms with van der Waals surface area (Å²) in [5.41, 5.74) is -1.89. The van der Waals surface area contributed by atoms with Crippen LogP contribution in [0.1, 0.15) is 26.7 Å². The van der Waals surface area contributed by atoms with Gasteiger partial charge >= 0.3 is 11.9 Å². The zero-order valence-corrected chi connectivity index (χ0v) is 10.8. The monoisotopic (exact) mass is 260 g/mol. The molecule has 6 heteroatoms.